The molecule has 210 valence electrons. The zero-order chi connectivity index (χ0) is 28.6. The normalized spacial score (nSPS) is 28.3. The molecule has 3 amide bonds. The Labute approximate surface area is 237 Å². The van der Waals surface area contributed by atoms with Crippen LogP contribution in [0, 0.1) is 15.4 Å². The first-order chi connectivity index (χ1) is 17.8. The highest BCUT2D eigenvalue weighted by atomic mass is 127. The number of allylic oxidation sites excluding steroid dienone is 2. The molecule has 5 atom stereocenters. The second kappa shape index (κ2) is 14.5. The van der Waals surface area contributed by atoms with Crippen LogP contribution in [-0.2, 0) is 30.3 Å². The fourth-order valence-electron chi connectivity index (χ4n) is 4.44. The van der Waals surface area contributed by atoms with E-state index in [1.54, 1.807) is 26.0 Å². The van der Waals surface area contributed by atoms with Crippen molar-refractivity contribution in [2.24, 2.45) is 11.8 Å². The summed E-state index contributed by atoms with van der Waals surface area (Å²) in [5, 5.41) is 24.9. The maximum atomic E-state index is 13.4. The molecule has 1 aromatic carbocycles. The molecule has 38 heavy (non-hydrogen) atoms. The van der Waals surface area contributed by atoms with Gasteiger partial charge >= 0.3 is 5.97 Å². The minimum Gasteiger partial charge on any atom is -0.507 e. The molecule has 11 heteroatoms. The number of likely N-dealkylation sites (N-methyl/N-ethyl adjacent to an activating group) is 1. The molecule has 0 radical (unpaired) electrons. The first kappa shape index (κ1) is 31.5. The van der Waals surface area contributed by atoms with Gasteiger partial charge in [-0.2, -0.15) is 0 Å². The van der Waals surface area contributed by atoms with Crippen molar-refractivity contribution in [2.45, 2.75) is 65.1 Å². The number of carbonyl (C=O) groups is 4. The third-order valence-corrected chi connectivity index (χ3v) is 7.33. The lowest BCUT2D eigenvalue weighted by Crippen LogP contribution is -2.55. The minimum atomic E-state index is -1.32. The number of esters is 1. The lowest BCUT2D eigenvalue weighted by atomic mass is 9.96. The van der Waals surface area contributed by atoms with Crippen LogP contribution in [0.25, 0.3) is 0 Å². The molecule has 0 aromatic heterocycles. The minimum absolute atomic E-state index is 0.0572. The third-order valence-electron chi connectivity index (χ3n) is 6.47. The smallest absolute Gasteiger partial charge is 0.331 e. The SMILES string of the molecule is C/C1=C\[C@@H](C)C[C@@H](C)OC(=O)[C@@H](CO)NC(=O)[C@H](Cc2ccc(O)c(I)c2)N(C)C(=O)CNC(=O)[C@@H](C)C1. The molecule has 4 N–H and O–H groups in total. The van der Waals surface area contributed by atoms with Gasteiger partial charge in [-0.25, -0.2) is 4.79 Å². The van der Waals surface area contributed by atoms with Crippen LogP contribution >= 0.6 is 22.6 Å². The molecule has 1 aromatic rings. The van der Waals surface area contributed by atoms with E-state index in [-0.39, 0.29) is 36.5 Å². The quantitative estimate of drug-likeness (QED) is 0.224. The van der Waals surface area contributed by atoms with Crippen LogP contribution in [0.3, 0.4) is 0 Å². The number of amides is 3. The van der Waals surface area contributed by atoms with Crippen molar-refractivity contribution in [1.82, 2.24) is 15.5 Å². The fraction of sp³-hybridized carbons (Fsp3) is 0.556. The van der Waals surface area contributed by atoms with Crippen LogP contribution in [0.2, 0.25) is 0 Å². The van der Waals surface area contributed by atoms with Crippen molar-refractivity contribution in [3.05, 3.63) is 39.0 Å². The highest BCUT2D eigenvalue weighted by Gasteiger charge is 2.32. The van der Waals surface area contributed by atoms with E-state index in [2.05, 4.69) is 10.6 Å². The molecule has 0 spiro atoms. The molecule has 1 aliphatic rings. The van der Waals surface area contributed by atoms with Gasteiger partial charge in [0.25, 0.3) is 0 Å². The number of carbonyl (C=O) groups excluding carboxylic acids is 4. The Kier molecular flexibility index (Phi) is 12.0. The first-order valence-electron chi connectivity index (χ1n) is 12.6. The molecule has 1 aliphatic heterocycles. The van der Waals surface area contributed by atoms with Gasteiger partial charge in [-0.15, -0.1) is 0 Å². The average Bonchev–Trinajstić information content (AvgIpc) is 2.84. The largest absolute Gasteiger partial charge is 0.507 e. The Morgan fingerprint density at radius 1 is 1.13 bits per heavy atom. The summed E-state index contributed by atoms with van der Waals surface area (Å²) in [7, 11) is 1.44. The highest BCUT2D eigenvalue weighted by Crippen LogP contribution is 2.22. The van der Waals surface area contributed by atoms with E-state index in [1.165, 1.54) is 18.0 Å². The Bertz CT molecular complexity index is 1060. The molecule has 0 unspecified atom stereocenters. The van der Waals surface area contributed by atoms with Crippen LogP contribution in [0.5, 0.6) is 5.75 Å². The number of nitrogens with one attached hydrogen (secondary N) is 2. The standard InChI is InChI=1S/C27H38IN3O7/c1-15-8-16(2)10-18(4)38-27(37)21(14-32)30-26(36)22(12-19-6-7-23(33)20(28)11-19)31(5)24(34)13-29-25(35)17(3)9-15/h6-8,11,16-18,21-22,32-33H,9-10,12-14H2,1-5H3,(H,29,35)(H,30,36)/b15-8+/t16-,17+,18-,21-,22+/m1/s1. The van der Waals surface area contributed by atoms with Crippen molar-refractivity contribution >= 4 is 46.3 Å². The highest BCUT2D eigenvalue weighted by molar-refractivity contribution is 14.1. The molecule has 0 saturated heterocycles. The van der Waals surface area contributed by atoms with E-state index in [1.807, 2.05) is 42.5 Å². The zero-order valence-electron chi connectivity index (χ0n) is 22.5. The monoisotopic (exact) mass is 643 g/mol. The lowest BCUT2D eigenvalue weighted by molar-refractivity contribution is -0.154. The number of nitrogens with zero attached hydrogens (tertiary/aromatic N) is 1. The summed E-state index contributed by atoms with van der Waals surface area (Å²) in [5.41, 5.74) is 1.67. The second-order valence-corrected chi connectivity index (χ2v) is 11.2. The number of phenolic OH excluding ortho intramolecular Hbond substituents is 1. The molecular weight excluding hydrogens is 605 g/mol. The Balaban J connectivity index is 2.38. The van der Waals surface area contributed by atoms with E-state index in [0.717, 1.165) is 5.57 Å². The number of aliphatic hydroxyl groups excluding tert-OH is 1. The van der Waals surface area contributed by atoms with Gasteiger partial charge in [-0.05, 0) is 72.9 Å². The molecule has 1 heterocycles. The van der Waals surface area contributed by atoms with Gasteiger partial charge in [-0.1, -0.05) is 31.6 Å². The number of rotatable bonds is 3. The van der Waals surface area contributed by atoms with E-state index in [4.69, 9.17) is 4.74 Å². The number of hydrogen-bond donors (Lipinski definition) is 4. The molecule has 0 saturated carbocycles. The van der Waals surface area contributed by atoms with Gasteiger partial charge in [0.15, 0.2) is 6.04 Å². The van der Waals surface area contributed by atoms with Crippen molar-refractivity contribution in [3.8, 4) is 5.75 Å². The third kappa shape index (κ3) is 9.26. The summed E-state index contributed by atoms with van der Waals surface area (Å²) in [5.74, 6) is -2.43. The number of cyclic esters (lactones) is 1. The maximum Gasteiger partial charge on any atom is 0.331 e. The fourth-order valence-corrected chi connectivity index (χ4v) is 5.02. The maximum absolute atomic E-state index is 13.4. The van der Waals surface area contributed by atoms with Crippen LogP contribution < -0.4 is 10.6 Å². The number of halogens is 1. The molecule has 0 aliphatic carbocycles. The van der Waals surface area contributed by atoms with Gasteiger partial charge in [0.1, 0.15) is 11.8 Å². The van der Waals surface area contributed by atoms with E-state index < -0.39 is 42.6 Å². The molecule has 0 fully saturated rings. The number of benzene rings is 1. The molecule has 0 bridgehead atoms. The summed E-state index contributed by atoms with van der Waals surface area (Å²) in [6, 6.07) is 2.43. The Morgan fingerprint density at radius 3 is 2.45 bits per heavy atom. The van der Waals surface area contributed by atoms with Crippen LogP contribution in [0.15, 0.2) is 29.8 Å². The summed E-state index contributed by atoms with van der Waals surface area (Å²) in [6.45, 7) is 6.45. The number of phenols is 1. The number of aromatic hydroxyl groups is 1. The van der Waals surface area contributed by atoms with Gasteiger partial charge in [0.05, 0.1) is 22.8 Å². The van der Waals surface area contributed by atoms with Gasteiger partial charge in [0, 0.05) is 19.4 Å². The summed E-state index contributed by atoms with van der Waals surface area (Å²) < 4.78 is 6.08. The average molecular weight is 644 g/mol. The number of ether oxygens (including phenoxy) is 1. The summed E-state index contributed by atoms with van der Waals surface area (Å²) >= 11 is 1.96. The first-order valence-corrected chi connectivity index (χ1v) is 13.7. The van der Waals surface area contributed by atoms with Crippen LogP contribution in [0.4, 0.5) is 0 Å². The predicted octanol–water partition coefficient (Wildman–Crippen LogP) is 1.90. The molecular formula is C27H38IN3O7. The van der Waals surface area contributed by atoms with Gasteiger partial charge < -0.3 is 30.5 Å². The van der Waals surface area contributed by atoms with E-state index >= 15 is 0 Å². The van der Waals surface area contributed by atoms with Gasteiger partial charge in [0.2, 0.25) is 17.7 Å². The zero-order valence-corrected chi connectivity index (χ0v) is 24.7. The number of aliphatic hydroxyl groups is 1. The molecule has 10 nitrogen and oxygen atoms in total. The lowest BCUT2D eigenvalue weighted by Gasteiger charge is -2.29. The number of hydrogen-bond acceptors (Lipinski definition) is 7. The van der Waals surface area contributed by atoms with Crippen molar-refractivity contribution in [1.29, 1.82) is 0 Å². The van der Waals surface area contributed by atoms with Crippen LogP contribution in [0.1, 0.15) is 46.1 Å². The Hall–Kier alpha value is -2.67. The van der Waals surface area contributed by atoms with Crippen molar-refractivity contribution in [3.63, 3.8) is 0 Å². The topological polar surface area (TPSA) is 145 Å². The predicted molar refractivity (Wildman–Crippen MR) is 150 cm³/mol. The second-order valence-electron chi connectivity index (χ2n) is 10.1. The van der Waals surface area contributed by atoms with Crippen molar-refractivity contribution < 1.29 is 34.1 Å². The van der Waals surface area contributed by atoms with E-state index in [9.17, 15) is 29.4 Å². The van der Waals surface area contributed by atoms with E-state index in [0.29, 0.717) is 22.0 Å². The summed E-state index contributed by atoms with van der Waals surface area (Å²) in [4.78, 5) is 53.0. The van der Waals surface area contributed by atoms with Crippen molar-refractivity contribution in [2.75, 3.05) is 20.2 Å². The van der Waals surface area contributed by atoms with Crippen LogP contribution in [-0.4, -0.2) is 77.2 Å². The molecule has 2 rings (SSSR count). The summed E-state index contributed by atoms with van der Waals surface area (Å²) in [6.07, 6.45) is 2.64. The van der Waals surface area contributed by atoms with Gasteiger partial charge in [-0.3, -0.25) is 14.4 Å². The Morgan fingerprint density at radius 2 is 1.82 bits per heavy atom.